The Morgan fingerprint density at radius 2 is 1.71 bits per heavy atom. The minimum Gasteiger partial charge on any atom is -0.541 e. The SMILES string of the molecule is C[Si](C)Oc1ccccc1N=C(c1ccccc1)c1cnccn1. The van der Waals surface area contributed by atoms with Crippen LogP contribution in [0.1, 0.15) is 11.3 Å². The molecule has 0 saturated carbocycles. The minimum absolute atomic E-state index is 0.733. The molecule has 0 atom stereocenters. The van der Waals surface area contributed by atoms with E-state index in [0.29, 0.717) is 0 Å². The van der Waals surface area contributed by atoms with Crippen molar-refractivity contribution < 1.29 is 4.43 Å². The van der Waals surface area contributed by atoms with E-state index in [0.717, 1.165) is 28.4 Å². The average molecular weight is 332 g/mol. The fourth-order valence-electron chi connectivity index (χ4n) is 2.26. The van der Waals surface area contributed by atoms with Crippen molar-refractivity contribution in [1.29, 1.82) is 0 Å². The summed E-state index contributed by atoms with van der Waals surface area (Å²) in [4.78, 5) is 13.4. The van der Waals surface area contributed by atoms with Gasteiger partial charge in [0.2, 0.25) is 0 Å². The summed E-state index contributed by atoms with van der Waals surface area (Å²) >= 11 is 0. The van der Waals surface area contributed by atoms with Gasteiger partial charge in [0.1, 0.15) is 17.1 Å². The van der Waals surface area contributed by atoms with Gasteiger partial charge in [-0.2, -0.15) is 0 Å². The maximum Gasteiger partial charge on any atom is 0.274 e. The summed E-state index contributed by atoms with van der Waals surface area (Å²) in [5.74, 6) is 0.800. The van der Waals surface area contributed by atoms with Gasteiger partial charge in [0.25, 0.3) is 9.04 Å². The zero-order valence-corrected chi connectivity index (χ0v) is 14.7. The van der Waals surface area contributed by atoms with E-state index in [-0.39, 0.29) is 0 Å². The number of aromatic nitrogens is 2. The Morgan fingerprint density at radius 1 is 0.958 bits per heavy atom. The normalized spacial score (nSPS) is 11.5. The Morgan fingerprint density at radius 3 is 2.42 bits per heavy atom. The number of aliphatic imine (C=N–C) groups is 1. The van der Waals surface area contributed by atoms with Crippen LogP contribution in [0.3, 0.4) is 0 Å². The Kier molecular flexibility index (Phi) is 5.13. The topological polar surface area (TPSA) is 47.4 Å². The second-order valence-electron chi connectivity index (χ2n) is 5.40. The highest BCUT2D eigenvalue weighted by atomic mass is 28.3. The monoisotopic (exact) mass is 332 g/mol. The Hall–Kier alpha value is -2.79. The number of para-hydroxylation sites is 2. The first-order valence-corrected chi connectivity index (χ1v) is 10.1. The van der Waals surface area contributed by atoms with Crippen molar-refractivity contribution in [3.05, 3.63) is 84.4 Å². The molecule has 0 fully saturated rings. The highest BCUT2D eigenvalue weighted by Crippen LogP contribution is 2.29. The lowest BCUT2D eigenvalue weighted by Gasteiger charge is -2.12. The Bertz CT molecular complexity index is 779. The first-order valence-electron chi connectivity index (χ1n) is 7.71. The third-order valence-corrected chi connectivity index (χ3v) is 3.89. The van der Waals surface area contributed by atoms with Crippen molar-refractivity contribution in [2.24, 2.45) is 4.99 Å². The molecule has 24 heavy (non-hydrogen) atoms. The molecule has 2 aromatic carbocycles. The van der Waals surface area contributed by atoms with Gasteiger partial charge in [0, 0.05) is 18.0 Å². The van der Waals surface area contributed by atoms with Crippen molar-refractivity contribution in [3.8, 4) is 5.75 Å². The first kappa shape index (κ1) is 16.1. The fourth-order valence-corrected chi connectivity index (χ4v) is 2.88. The molecule has 0 amide bonds. The maximum absolute atomic E-state index is 5.98. The number of hydrogen-bond donors (Lipinski definition) is 0. The highest BCUT2D eigenvalue weighted by molar-refractivity contribution is 6.49. The molecule has 119 valence electrons. The van der Waals surface area contributed by atoms with Crippen LogP contribution < -0.4 is 4.43 Å². The summed E-state index contributed by atoms with van der Waals surface area (Å²) in [6.45, 7) is 4.21. The van der Waals surface area contributed by atoms with Crippen molar-refractivity contribution >= 4 is 20.4 Å². The van der Waals surface area contributed by atoms with Crippen molar-refractivity contribution in [2.75, 3.05) is 0 Å². The molecule has 3 rings (SSSR count). The molecule has 0 unspecified atom stereocenters. The van der Waals surface area contributed by atoms with Gasteiger partial charge in [-0.15, -0.1) is 0 Å². The molecule has 4 nitrogen and oxygen atoms in total. The summed E-state index contributed by atoms with van der Waals surface area (Å²) in [6, 6.07) is 17.8. The van der Waals surface area contributed by atoms with Crippen LogP contribution >= 0.6 is 0 Å². The molecule has 0 aliphatic heterocycles. The van der Waals surface area contributed by atoms with Gasteiger partial charge in [0.05, 0.1) is 11.9 Å². The van der Waals surface area contributed by atoms with Gasteiger partial charge in [0.15, 0.2) is 0 Å². The lowest BCUT2D eigenvalue weighted by molar-refractivity contribution is 0.582. The van der Waals surface area contributed by atoms with Crippen molar-refractivity contribution in [2.45, 2.75) is 13.1 Å². The fraction of sp³-hybridized carbons (Fsp3) is 0.105. The van der Waals surface area contributed by atoms with E-state index in [1.165, 1.54) is 0 Å². The number of rotatable bonds is 5. The van der Waals surface area contributed by atoms with Crippen LogP contribution in [0.4, 0.5) is 5.69 Å². The van der Waals surface area contributed by atoms with Crippen LogP contribution in [0.5, 0.6) is 5.75 Å². The second-order valence-corrected chi connectivity index (χ2v) is 7.42. The van der Waals surface area contributed by atoms with E-state index >= 15 is 0 Å². The molecule has 1 radical (unpaired) electrons. The average Bonchev–Trinajstić information content (AvgIpc) is 2.62. The van der Waals surface area contributed by atoms with E-state index in [2.05, 4.69) is 23.1 Å². The van der Waals surface area contributed by atoms with Crippen molar-refractivity contribution in [1.82, 2.24) is 9.97 Å². The second kappa shape index (κ2) is 7.65. The van der Waals surface area contributed by atoms with Gasteiger partial charge in [-0.05, 0) is 25.2 Å². The zero-order chi connectivity index (χ0) is 16.8. The molecule has 1 aromatic heterocycles. The molecule has 5 heteroatoms. The summed E-state index contributed by atoms with van der Waals surface area (Å²) in [5, 5.41) is 0. The predicted molar refractivity (Wildman–Crippen MR) is 98.3 cm³/mol. The lowest BCUT2D eigenvalue weighted by Crippen LogP contribution is -2.11. The van der Waals surface area contributed by atoms with E-state index < -0.39 is 9.04 Å². The molecule has 3 aromatic rings. The number of nitrogens with zero attached hydrogens (tertiary/aromatic N) is 3. The molecule has 0 N–H and O–H groups in total. The zero-order valence-electron chi connectivity index (χ0n) is 13.7. The van der Waals surface area contributed by atoms with E-state index in [1.54, 1.807) is 18.6 Å². The number of hydrogen-bond acceptors (Lipinski definition) is 4. The van der Waals surface area contributed by atoms with E-state index in [9.17, 15) is 0 Å². The third-order valence-electron chi connectivity index (χ3n) is 3.26. The molecule has 0 aliphatic carbocycles. The Balaban J connectivity index is 2.12. The van der Waals surface area contributed by atoms with Crippen LogP contribution in [0.25, 0.3) is 0 Å². The summed E-state index contributed by atoms with van der Waals surface area (Å²) in [7, 11) is -0.870. The molecular weight excluding hydrogens is 314 g/mol. The van der Waals surface area contributed by atoms with E-state index in [4.69, 9.17) is 9.42 Å². The molecule has 0 saturated heterocycles. The Labute approximate surface area is 143 Å². The van der Waals surface area contributed by atoms with Crippen molar-refractivity contribution in [3.63, 3.8) is 0 Å². The third kappa shape index (κ3) is 3.94. The van der Waals surface area contributed by atoms with Crippen LogP contribution in [0.15, 0.2) is 78.2 Å². The highest BCUT2D eigenvalue weighted by Gasteiger charge is 2.11. The largest absolute Gasteiger partial charge is 0.541 e. The van der Waals surface area contributed by atoms with Gasteiger partial charge < -0.3 is 4.43 Å². The molecule has 1 heterocycles. The van der Waals surface area contributed by atoms with Gasteiger partial charge in [-0.1, -0.05) is 42.5 Å². The molecular formula is C19H18N3OSi. The predicted octanol–water partition coefficient (Wildman–Crippen LogP) is 4.28. The summed E-state index contributed by atoms with van der Waals surface area (Å²) < 4.78 is 5.98. The molecule has 0 bridgehead atoms. The lowest BCUT2D eigenvalue weighted by atomic mass is 10.1. The minimum atomic E-state index is -0.870. The molecule has 0 aliphatic rings. The smallest absolute Gasteiger partial charge is 0.274 e. The first-order chi connectivity index (χ1) is 11.7. The van der Waals surface area contributed by atoms with E-state index in [1.807, 2.05) is 54.6 Å². The standard InChI is InChI=1S/C19H18N3OSi/c1-24(2)23-18-11-7-6-10-16(18)22-19(15-8-4-3-5-9-15)17-14-20-12-13-21-17/h3-14H,1-2H3. The van der Waals surface area contributed by atoms with Crippen LogP contribution in [0, 0.1) is 0 Å². The van der Waals surface area contributed by atoms with Gasteiger partial charge in [-0.3, -0.25) is 9.97 Å². The van der Waals surface area contributed by atoms with Gasteiger partial charge in [-0.25, -0.2) is 4.99 Å². The summed E-state index contributed by atoms with van der Waals surface area (Å²) in [6.07, 6.45) is 5.06. The maximum atomic E-state index is 5.98. The quantitative estimate of drug-likeness (QED) is 0.517. The molecule has 0 spiro atoms. The van der Waals surface area contributed by atoms with Crippen LogP contribution in [0.2, 0.25) is 13.1 Å². The number of benzene rings is 2. The van der Waals surface area contributed by atoms with Crippen LogP contribution in [-0.2, 0) is 0 Å². The van der Waals surface area contributed by atoms with Crippen LogP contribution in [-0.4, -0.2) is 24.7 Å². The van der Waals surface area contributed by atoms with Gasteiger partial charge >= 0.3 is 0 Å². The summed E-state index contributed by atoms with van der Waals surface area (Å²) in [5.41, 5.74) is 3.30.